The first kappa shape index (κ1) is 7.43. The highest BCUT2D eigenvalue weighted by molar-refractivity contribution is 7.17. The maximum absolute atomic E-state index is 11.1. The molecule has 0 atom stereocenters. The van der Waals surface area contributed by atoms with E-state index in [4.69, 9.17) is 0 Å². The molecule has 0 radical (unpaired) electrons. The summed E-state index contributed by atoms with van der Waals surface area (Å²) >= 11 is 1.56. The number of rotatable bonds is 1. The van der Waals surface area contributed by atoms with E-state index in [-0.39, 0.29) is 5.78 Å². The van der Waals surface area contributed by atoms with Crippen LogP contribution in [0.4, 0.5) is 0 Å². The van der Waals surface area contributed by atoms with Gasteiger partial charge in [0.15, 0.2) is 5.78 Å². The molecule has 0 spiro atoms. The van der Waals surface area contributed by atoms with Crippen LogP contribution in [0, 0.1) is 0 Å². The van der Waals surface area contributed by atoms with Gasteiger partial charge in [0.25, 0.3) is 0 Å². The Balaban J connectivity index is 2.79. The van der Waals surface area contributed by atoms with Crippen LogP contribution in [-0.2, 0) is 0 Å². The molecule has 60 valence electrons. The molecule has 0 aliphatic rings. The van der Waals surface area contributed by atoms with Gasteiger partial charge >= 0.3 is 0 Å². The van der Waals surface area contributed by atoms with E-state index < -0.39 is 0 Å². The lowest BCUT2D eigenvalue weighted by Gasteiger charge is -1.89. The third-order valence-corrected chi connectivity index (χ3v) is 2.65. The van der Waals surface area contributed by atoms with Crippen LogP contribution in [0.3, 0.4) is 0 Å². The minimum Gasteiger partial charge on any atom is -0.294 e. The van der Waals surface area contributed by atoms with Crippen LogP contribution in [0.2, 0.25) is 0 Å². The summed E-state index contributed by atoms with van der Waals surface area (Å²) in [7, 11) is 0. The Morgan fingerprint density at radius 3 is 3.17 bits per heavy atom. The zero-order valence-electron chi connectivity index (χ0n) is 6.57. The fourth-order valence-electron chi connectivity index (χ4n) is 1.12. The van der Waals surface area contributed by atoms with Gasteiger partial charge in [-0.2, -0.15) is 0 Å². The number of pyridine rings is 1. The first-order valence-corrected chi connectivity index (χ1v) is 4.50. The molecule has 0 fully saturated rings. The summed E-state index contributed by atoms with van der Waals surface area (Å²) in [6.45, 7) is 1.57. The van der Waals surface area contributed by atoms with Crippen molar-refractivity contribution in [2.24, 2.45) is 0 Å². The highest BCUT2D eigenvalue weighted by atomic mass is 32.1. The molecule has 0 amide bonds. The van der Waals surface area contributed by atoms with Gasteiger partial charge in [0.05, 0.1) is 15.8 Å². The average Bonchev–Trinajstić information content (AvgIpc) is 2.47. The van der Waals surface area contributed by atoms with Gasteiger partial charge in [-0.15, -0.1) is 11.3 Å². The van der Waals surface area contributed by atoms with E-state index in [1.807, 2.05) is 17.5 Å². The number of Topliss-reactive ketones (excluding diaryl/α,β-unsaturated/α-hetero) is 1. The second-order valence-electron chi connectivity index (χ2n) is 2.56. The van der Waals surface area contributed by atoms with Gasteiger partial charge in [0.1, 0.15) is 0 Å². The number of carbonyl (C=O) groups excluding carboxylic acids is 1. The summed E-state index contributed by atoms with van der Waals surface area (Å²) in [6.07, 6.45) is 1.71. The van der Waals surface area contributed by atoms with Crippen molar-refractivity contribution in [3.05, 3.63) is 29.3 Å². The number of thiophene rings is 1. The van der Waals surface area contributed by atoms with E-state index in [9.17, 15) is 4.79 Å². The first-order chi connectivity index (χ1) is 5.79. The molecule has 0 aromatic carbocycles. The molecule has 2 aromatic heterocycles. The van der Waals surface area contributed by atoms with Crippen molar-refractivity contribution in [3.8, 4) is 0 Å². The summed E-state index contributed by atoms with van der Waals surface area (Å²) in [5.74, 6) is 0.0833. The molecule has 0 bridgehead atoms. The smallest absolute Gasteiger partial charge is 0.162 e. The second kappa shape index (κ2) is 2.68. The van der Waals surface area contributed by atoms with Gasteiger partial charge in [-0.05, 0) is 19.1 Å². The molecule has 0 unspecified atom stereocenters. The van der Waals surface area contributed by atoms with Crippen molar-refractivity contribution in [1.82, 2.24) is 4.98 Å². The maximum atomic E-state index is 11.1. The standard InChI is InChI=1S/C9H7NOS/c1-6(11)7-5-12-8-3-2-4-10-9(7)8/h2-5H,1H3. The third kappa shape index (κ3) is 1.02. The number of aromatic nitrogens is 1. The Morgan fingerprint density at radius 2 is 2.42 bits per heavy atom. The van der Waals surface area contributed by atoms with Crippen LogP contribution in [0.1, 0.15) is 17.3 Å². The quantitative estimate of drug-likeness (QED) is 0.626. The van der Waals surface area contributed by atoms with Crippen LogP contribution >= 0.6 is 11.3 Å². The van der Waals surface area contributed by atoms with E-state index in [0.717, 1.165) is 15.8 Å². The van der Waals surface area contributed by atoms with Crippen LogP contribution in [-0.4, -0.2) is 10.8 Å². The van der Waals surface area contributed by atoms with Crippen LogP contribution in [0.5, 0.6) is 0 Å². The van der Waals surface area contributed by atoms with E-state index in [2.05, 4.69) is 4.98 Å². The van der Waals surface area contributed by atoms with E-state index in [1.165, 1.54) is 0 Å². The maximum Gasteiger partial charge on any atom is 0.162 e. The molecule has 2 aromatic rings. The molecule has 2 heterocycles. The highest BCUT2D eigenvalue weighted by Crippen LogP contribution is 2.23. The number of nitrogens with zero attached hydrogens (tertiary/aromatic N) is 1. The molecule has 0 saturated heterocycles. The molecule has 3 heteroatoms. The fourth-order valence-corrected chi connectivity index (χ4v) is 2.07. The van der Waals surface area contributed by atoms with Gasteiger partial charge in [0, 0.05) is 11.6 Å². The second-order valence-corrected chi connectivity index (χ2v) is 3.47. The largest absolute Gasteiger partial charge is 0.294 e. The number of ketones is 1. The number of fused-ring (bicyclic) bond motifs is 1. The molecular weight excluding hydrogens is 170 g/mol. The van der Waals surface area contributed by atoms with Crippen molar-refractivity contribution in [2.45, 2.75) is 6.92 Å². The van der Waals surface area contributed by atoms with Gasteiger partial charge in [-0.1, -0.05) is 0 Å². The Morgan fingerprint density at radius 1 is 1.58 bits per heavy atom. The average molecular weight is 177 g/mol. The fraction of sp³-hybridized carbons (Fsp3) is 0.111. The predicted molar refractivity (Wildman–Crippen MR) is 49.6 cm³/mol. The molecule has 0 saturated carbocycles. The third-order valence-electron chi connectivity index (χ3n) is 1.71. The molecule has 12 heavy (non-hydrogen) atoms. The number of carbonyl (C=O) groups is 1. The van der Waals surface area contributed by atoms with Gasteiger partial charge in [-0.3, -0.25) is 9.78 Å². The minimum atomic E-state index is 0.0833. The highest BCUT2D eigenvalue weighted by Gasteiger charge is 2.07. The topological polar surface area (TPSA) is 30.0 Å². The Bertz CT molecular complexity index is 433. The summed E-state index contributed by atoms with van der Waals surface area (Å²) in [6, 6.07) is 3.85. The number of hydrogen-bond acceptors (Lipinski definition) is 3. The van der Waals surface area contributed by atoms with Crippen molar-refractivity contribution >= 4 is 27.3 Å². The van der Waals surface area contributed by atoms with E-state index in [0.29, 0.717) is 0 Å². The first-order valence-electron chi connectivity index (χ1n) is 3.62. The minimum absolute atomic E-state index is 0.0833. The molecule has 0 aliphatic carbocycles. The van der Waals surface area contributed by atoms with Crippen LogP contribution < -0.4 is 0 Å². The van der Waals surface area contributed by atoms with Crippen LogP contribution in [0.25, 0.3) is 10.2 Å². The van der Waals surface area contributed by atoms with Gasteiger partial charge < -0.3 is 0 Å². The molecule has 2 nitrogen and oxygen atoms in total. The van der Waals surface area contributed by atoms with Crippen molar-refractivity contribution in [2.75, 3.05) is 0 Å². The normalized spacial score (nSPS) is 10.4. The summed E-state index contributed by atoms with van der Waals surface area (Å²) < 4.78 is 1.07. The Labute approximate surface area is 73.9 Å². The predicted octanol–water partition coefficient (Wildman–Crippen LogP) is 2.50. The lowest BCUT2D eigenvalue weighted by Crippen LogP contribution is -1.89. The van der Waals surface area contributed by atoms with Gasteiger partial charge in [-0.25, -0.2) is 0 Å². The molecule has 0 N–H and O–H groups in total. The SMILES string of the molecule is CC(=O)c1csc2cccnc12. The van der Waals surface area contributed by atoms with Crippen LogP contribution in [0.15, 0.2) is 23.7 Å². The Hall–Kier alpha value is -1.22. The zero-order chi connectivity index (χ0) is 8.55. The van der Waals surface area contributed by atoms with Crippen molar-refractivity contribution < 1.29 is 4.79 Å². The number of hydrogen-bond donors (Lipinski definition) is 0. The Kier molecular flexibility index (Phi) is 1.66. The van der Waals surface area contributed by atoms with Gasteiger partial charge in [0.2, 0.25) is 0 Å². The summed E-state index contributed by atoms with van der Waals surface area (Å²) in [5, 5.41) is 1.86. The lowest BCUT2D eigenvalue weighted by molar-refractivity contribution is 0.101. The monoisotopic (exact) mass is 177 g/mol. The zero-order valence-corrected chi connectivity index (χ0v) is 7.39. The lowest BCUT2D eigenvalue weighted by atomic mass is 10.2. The summed E-state index contributed by atoms with van der Waals surface area (Å²) in [4.78, 5) is 15.2. The van der Waals surface area contributed by atoms with E-state index in [1.54, 1.807) is 24.5 Å². The molecule has 0 aliphatic heterocycles. The molecule has 2 rings (SSSR count). The molecular formula is C9H7NOS. The van der Waals surface area contributed by atoms with E-state index >= 15 is 0 Å². The summed E-state index contributed by atoms with van der Waals surface area (Å²) in [5.41, 5.74) is 1.56. The van der Waals surface area contributed by atoms with Crippen molar-refractivity contribution in [1.29, 1.82) is 0 Å². The van der Waals surface area contributed by atoms with Crippen molar-refractivity contribution in [3.63, 3.8) is 0 Å².